The largest absolute Gasteiger partial charge is 0.387 e. The Balaban J connectivity index is 0.000000161. The number of hydrogen-bond acceptors (Lipinski definition) is 8. The van der Waals surface area contributed by atoms with Crippen molar-refractivity contribution in [3.05, 3.63) is 280 Å². The number of hydrogen-bond donors (Lipinski definition) is 2. The molecule has 84 heavy (non-hydrogen) atoms. The van der Waals surface area contributed by atoms with Crippen LogP contribution in [0.3, 0.4) is 0 Å². The number of aliphatic hydroxyl groups is 2. The predicted molar refractivity (Wildman–Crippen MR) is 356 cm³/mol. The van der Waals surface area contributed by atoms with Gasteiger partial charge < -0.3 is 10.2 Å². The average molecular weight is 1290 g/mol. The molecule has 0 amide bonds. The van der Waals surface area contributed by atoms with E-state index >= 15 is 0 Å². The molecule has 0 aliphatic heterocycles. The van der Waals surface area contributed by atoms with Crippen LogP contribution in [0.4, 0.5) is 0 Å². The molecular formula is C72H58BBr3N6O2. The van der Waals surface area contributed by atoms with Crippen LogP contribution >= 0.6 is 47.8 Å². The molecule has 0 saturated heterocycles. The van der Waals surface area contributed by atoms with Crippen LogP contribution in [0.5, 0.6) is 0 Å². The molecule has 0 saturated carbocycles. The SMILES string of the molecule is Brc1cccc(-c2cccc(-c3cccc(-c4nc(-c5ccccc5)nc(-c5ccccc5)n4)c3)c2)c1.Brc1cccc(Br)c1.CC(C)(O)C(C)(C)O.[B]c1cccc(-c2cccc(-c3nc(-c4ccccc4)nc(-c4ccccc4)n3)c2)c1. The van der Waals surface area contributed by atoms with Gasteiger partial charge in [0.2, 0.25) is 0 Å². The molecular weight excluding hydrogens is 1230 g/mol. The van der Waals surface area contributed by atoms with E-state index in [0.717, 1.165) is 74.5 Å². The highest BCUT2D eigenvalue weighted by Gasteiger charge is 2.32. The molecule has 0 aliphatic rings. The van der Waals surface area contributed by atoms with Gasteiger partial charge in [0.05, 0.1) is 11.2 Å². The van der Waals surface area contributed by atoms with Crippen LogP contribution < -0.4 is 5.46 Å². The van der Waals surface area contributed by atoms with E-state index in [2.05, 4.69) is 127 Å². The number of nitrogens with zero attached hydrogens (tertiary/aromatic N) is 6. The molecule has 2 aromatic heterocycles. The van der Waals surface area contributed by atoms with Crippen molar-refractivity contribution in [2.24, 2.45) is 0 Å². The smallest absolute Gasteiger partial charge is 0.164 e. The lowest BCUT2D eigenvalue weighted by molar-refractivity contribution is -0.107. The van der Waals surface area contributed by atoms with Gasteiger partial charge in [0.15, 0.2) is 34.9 Å². The first-order chi connectivity index (χ1) is 40.5. The van der Waals surface area contributed by atoms with Crippen molar-refractivity contribution in [3.8, 4) is 102 Å². The molecule has 8 nitrogen and oxygen atoms in total. The summed E-state index contributed by atoms with van der Waals surface area (Å²) in [4.78, 5) is 28.9. The van der Waals surface area contributed by atoms with Gasteiger partial charge >= 0.3 is 0 Å². The van der Waals surface area contributed by atoms with Gasteiger partial charge in [-0.2, -0.15) is 0 Å². The third kappa shape index (κ3) is 16.7. The quantitative estimate of drug-likeness (QED) is 0.130. The Hall–Kier alpha value is -8.36. The molecule has 0 unspecified atom stereocenters. The number of benzene rings is 10. The summed E-state index contributed by atoms with van der Waals surface area (Å²) in [6.45, 7) is 6.31. The second-order valence-corrected chi connectivity index (χ2v) is 23.3. The molecule has 0 atom stereocenters. The van der Waals surface area contributed by atoms with Crippen molar-refractivity contribution in [2.45, 2.75) is 38.9 Å². The zero-order valence-corrected chi connectivity index (χ0v) is 51.5. The molecule has 2 radical (unpaired) electrons. The van der Waals surface area contributed by atoms with E-state index in [4.69, 9.17) is 48.0 Å². The van der Waals surface area contributed by atoms with Crippen LogP contribution in [-0.2, 0) is 0 Å². The monoisotopic (exact) mass is 1290 g/mol. The lowest BCUT2D eigenvalue weighted by atomic mass is 9.90. The second-order valence-electron chi connectivity index (χ2n) is 20.5. The molecule has 12 aromatic rings. The van der Waals surface area contributed by atoms with Crippen molar-refractivity contribution >= 4 is 61.1 Å². The second kappa shape index (κ2) is 28.3. The summed E-state index contributed by atoms with van der Waals surface area (Å²) in [7, 11) is 5.98. The van der Waals surface area contributed by atoms with Crippen molar-refractivity contribution in [1.82, 2.24) is 29.9 Å². The van der Waals surface area contributed by atoms with Crippen LogP contribution in [0.2, 0.25) is 0 Å². The third-order valence-corrected chi connectivity index (χ3v) is 15.0. The van der Waals surface area contributed by atoms with Crippen LogP contribution in [0.25, 0.3) is 102 Å². The first-order valence-corrected chi connectivity index (χ1v) is 29.4. The molecule has 0 aliphatic carbocycles. The van der Waals surface area contributed by atoms with Crippen molar-refractivity contribution < 1.29 is 10.2 Å². The molecule has 12 heteroatoms. The van der Waals surface area contributed by atoms with Crippen LogP contribution in [-0.4, -0.2) is 59.2 Å². The van der Waals surface area contributed by atoms with Gasteiger partial charge in [0, 0.05) is 46.8 Å². The minimum Gasteiger partial charge on any atom is -0.387 e. The van der Waals surface area contributed by atoms with Crippen LogP contribution in [0.1, 0.15) is 27.7 Å². The number of aromatic nitrogens is 6. The van der Waals surface area contributed by atoms with Gasteiger partial charge in [0.25, 0.3) is 0 Å². The Morgan fingerprint density at radius 3 is 0.738 bits per heavy atom. The highest BCUT2D eigenvalue weighted by atomic mass is 79.9. The van der Waals surface area contributed by atoms with E-state index in [9.17, 15) is 0 Å². The lowest BCUT2D eigenvalue weighted by Crippen LogP contribution is -2.44. The summed E-state index contributed by atoms with van der Waals surface area (Å²) in [5.41, 5.74) is 11.1. The zero-order chi connectivity index (χ0) is 59.1. The minimum atomic E-state index is -1.01. The van der Waals surface area contributed by atoms with Gasteiger partial charge in [0.1, 0.15) is 7.85 Å². The topological polar surface area (TPSA) is 118 Å². The van der Waals surface area contributed by atoms with Crippen molar-refractivity contribution in [3.63, 3.8) is 0 Å². The number of halogens is 3. The van der Waals surface area contributed by atoms with Crippen molar-refractivity contribution in [1.29, 1.82) is 0 Å². The average Bonchev–Trinajstić information content (AvgIpc) is 3.37. The molecule has 2 heterocycles. The Labute approximate surface area is 518 Å². The minimum absolute atomic E-state index is 0.637. The molecule has 0 fully saturated rings. The maximum Gasteiger partial charge on any atom is 0.164 e. The predicted octanol–water partition coefficient (Wildman–Crippen LogP) is 18.0. The Kier molecular flexibility index (Phi) is 20.3. The van der Waals surface area contributed by atoms with Gasteiger partial charge in [-0.15, -0.1) is 0 Å². The van der Waals surface area contributed by atoms with Crippen LogP contribution in [0, 0.1) is 0 Å². The van der Waals surface area contributed by atoms with Gasteiger partial charge in [-0.3, -0.25) is 0 Å². The highest BCUT2D eigenvalue weighted by molar-refractivity contribution is 9.11. The lowest BCUT2D eigenvalue weighted by Gasteiger charge is -2.31. The van der Waals surface area contributed by atoms with E-state index in [1.165, 1.54) is 11.1 Å². The standard InChI is InChI=1S/C33H22BrN3.C27H18BN3.C6H4Br2.C6H14O2/c34-30-19-9-17-28(22-30)26-15-7-14-25(20-26)27-16-8-18-29(21-27)33-36-31(23-10-3-1-4-11-23)35-32(37-33)24-12-5-2-6-13-24;28-24-16-8-14-22(18-24)21-13-7-15-23(17-21)27-30-25(19-9-3-1-4-10-19)29-26(31-27)20-11-5-2-6-12-20;7-5-2-1-3-6(8)4-5;1-5(2,7)6(3,4)8/h1-22H;1-18H;1-4H;7-8H,1-4H3. The summed E-state index contributed by atoms with van der Waals surface area (Å²) in [6.07, 6.45) is 0. The summed E-state index contributed by atoms with van der Waals surface area (Å²) < 4.78 is 3.27. The van der Waals surface area contributed by atoms with Gasteiger partial charge in [-0.25, -0.2) is 29.9 Å². The van der Waals surface area contributed by atoms with E-state index in [-0.39, 0.29) is 0 Å². The summed E-state index contributed by atoms with van der Waals surface area (Å²) >= 11 is 10.2. The normalized spacial score (nSPS) is 11.0. The van der Waals surface area contributed by atoms with Crippen LogP contribution in [0.15, 0.2) is 280 Å². The first kappa shape index (κ1) is 60.2. The maximum absolute atomic E-state index is 9.10. The van der Waals surface area contributed by atoms with E-state index in [1.54, 1.807) is 27.7 Å². The Bertz CT molecular complexity index is 3960. The molecule has 12 rings (SSSR count). The summed E-state index contributed by atoms with van der Waals surface area (Å²) in [5, 5.41) is 18.2. The van der Waals surface area contributed by atoms with Gasteiger partial charge in [-0.1, -0.05) is 272 Å². The van der Waals surface area contributed by atoms with E-state index in [1.807, 2.05) is 188 Å². The maximum atomic E-state index is 9.10. The molecule has 10 aromatic carbocycles. The summed E-state index contributed by atoms with van der Waals surface area (Å²) in [6, 6.07) is 89.4. The van der Waals surface area contributed by atoms with E-state index in [0.29, 0.717) is 34.9 Å². The fourth-order valence-corrected chi connectivity index (χ4v) is 9.78. The van der Waals surface area contributed by atoms with Crippen molar-refractivity contribution in [2.75, 3.05) is 0 Å². The third-order valence-electron chi connectivity index (χ3n) is 13.5. The molecule has 2 N–H and O–H groups in total. The first-order valence-electron chi connectivity index (χ1n) is 27.1. The molecule has 412 valence electrons. The highest BCUT2D eigenvalue weighted by Crippen LogP contribution is 2.33. The fourth-order valence-electron chi connectivity index (χ4n) is 8.28. The van der Waals surface area contributed by atoms with E-state index < -0.39 is 11.2 Å². The van der Waals surface area contributed by atoms with Gasteiger partial charge in [-0.05, 0) is 110 Å². The molecule has 0 bridgehead atoms. The Morgan fingerprint density at radius 2 is 0.464 bits per heavy atom. The Morgan fingerprint density at radius 1 is 0.250 bits per heavy atom. The zero-order valence-electron chi connectivity index (χ0n) is 46.7. The molecule has 0 spiro atoms. The number of rotatable bonds is 10. The summed E-state index contributed by atoms with van der Waals surface area (Å²) in [5.74, 6) is 3.91. The fraction of sp³-hybridized carbons (Fsp3) is 0.0833.